The molecule has 1 aliphatic carbocycles. The van der Waals surface area contributed by atoms with Crippen LogP contribution >= 0.6 is 0 Å². The highest BCUT2D eigenvalue weighted by Gasteiger charge is 2.30. The molecular formula is C21H25N3O3. The molecule has 1 saturated heterocycles. The van der Waals surface area contributed by atoms with Gasteiger partial charge in [-0.25, -0.2) is 4.98 Å². The van der Waals surface area contributed by atoms with Gasteiger partial charge in [0.1, 0.15) is 11.6 Å². The molecule has 6 heteroatoms. The van der Waals surface area contributed by atoms with E-state index in [1.54, 1.807) is 24.2 Å². The van der Waals surface area contributed by atoms with Crippen molar-refractivity contribution in [2.75, 3.05) is 43.2 Å². The Balaban J connectivity index is 1.52. The summed E-state index contributed by atoms with van der Waals surface area (Å²) in [5.41, 5.74) is 2.65. The van der Waals surface area contributed by atoms with Crippen LogP contribution in [0.5, 0.6) is 5.75 Å². The zero-order valence-corrected chi connectivity index (χ0v) is 15.6. The van der Waals surface area contributed by atoms with Gasteiger partial charge in [0.05, 0.1) is 31.0 Å². The van der Waals surface area contributed by atoms with Gasteiger partial charge in [0.15, 0.2) is 0 Å². The average molecular weight is 367 g/mol. The smallest absolute Gasteiger partial charge is 0.234 e. The van der Waals surface area contributed by atoms with Crippen molar-refractivity contribution in [2.45, 2.75) is 25.2 Å². The van der Waals surface area contributed by atoms with Crippen molar-refractivity contribution in [3.05, 3.63) is 47.7 Å². The third kappa shape index (κ3) is 3.49. The fourth-order valence-corrected chi connectivity index (χ4v) is 4.00. The summed E-state index contributed by atoms with van der Waals surface area (Å²) in [6, 6.07) is 9.39. The van der Waals surface area contributed by atoms with Gasteiger partial charge in [-0.2, -0.15) is 0 Å². The lowest BCUT2D eigenvalue weighted by Crippen LogP contribution is -2.37. The number of benzene rings is 1. The maximum Gasteiger partial charge on any atom is 0.234 e. The Kier molecular flexibility index (Phi) is 4.99. The minimum Gasteiger partial charge on any atom is -0.508 e. The van der Waals surface area contributed by atoms with Crippen molar-refractivity contribution in [2.24, 2.45) is 0 Å². The molecule has 2 heterocycles. The van der Waals surface area contributed by atoms with Crippen LogP contribution in [-0.2, 0) is 16.0 Å². The molecule has 1 fully saturated rings. The molecule has 2 aromatic rings. The SMILES string of the molecule is CN(C(=O)C1CCCc2c(O)cccc21)c1ccc(N2CCOCC2)nc1. The number of anilines is 2. The summed E-state index contributed by atoms with van der Waals surface area (Å²) in [6.07, 6.45) is 4.29. The number of phenolic OH excluding ortho intramolecular Hbond substituents is 1. The number of carbonyl (C=O) groups is 1. The second-order valence-electron chi connectivity index (χ2n) is 7.16. The van der Waals surface area contributed by atoms with Crippen molar-refractivity contribution in [1.82, 2.24) is 4.98 Å². The third-order valence-electron chi connectivity index (χ3n) is 5.57. The number of pyridine rings is 1. The molecule has 0 spiro atoms. The molecule has 0 radical (unpaired) electrons. The van der Waals surface area contributed by atoms with Crippen molar-refractivity contribution >= 4 is 17.4 Å². The molecule has 142 valence electrons. The van der Waals surface area contributed by atoms with E-state index in [0.717, 1.165) is 68.2 Å². The number of fused-ring (bicyclic) bond motifs is 1. The van der Waals surface area contributed by atoms with Crippen LogP contribution < -0.4 is 9.80 Å². The first kappa shape index (κ1) is 17.8. The molecule has 6 nitrogen and oxygen atoms in total. The second kappa shape index (κ2) is 7.56. The first-order valence-corrected chi connectivity index (χ1v) is 9.52. The molecular weight excluding hydrogens is 342 g/mol. The van der Waals surface area contributed by atoms with Gasteiger partial charge in [0, 0.05) is 20.1 Å². The van der Waals surface area contributed by atoms with Gasteiger partial charge in [0.2, 0.25) is 5.91 Å². The van der Waals surface area contributed by atoms with E-state index in [2.05, 4.69) is 9.88 Å². The molecule has 0 bridgehead atoms. The topological polar surface area (TPSA) is 65.9 Å². The van der Waals surface area contributed by atoms with Crippen molar-refractivity contribution in [3.8, 4) is 5.75 Å². The highest BCUT2D eigenvalue weighted by atomic mass is 16.5. The van der Waals surface area contributed by atoms with Crippen LogP contribution in [-0.4, -0.2) is 49.3 Å². The summed E-state index contributed by atoms with van der Waals surface area (Å²) in [4.78, 5) is 21.6. The van der Waals surface area contributed by atoms with E-state index in [9.17, 15) is 9.90 Å². The summed E-state index contributed by atoms with van der Waals surface area (Å²) in [7, 11) is 1.80. The van der Waals surface area contributed by atoms with Crippen LogP contribution in [0, 0.1) is 0 Å². The minimum atomic E-state index is -0.218. The lowest BCUT2D eigenvalue weighted by Gasteiger charge is -2.30. The fraction of sp³-hybridized carbons (Fsp3) is 0.429. The number of morpholine rings is 1. The highest BCUT2D eigenvalue weighted by Crippen LogP contribution is 2.37. The summed E-state index contributed by atoms with van der Waals surface area (Å²) >= 11 is 0. The predicted molar refractivity (Wildman–Crippen MR) is 104 cm³/mol. The van der Waals surface area contributed by atoms with Crippen LogP contribution in [0.1, 0.15) is 29.9 Å². The summed E-state index contributed by atoms with van der Waals surface area (Å²) in [5.74, 6) is 1.03. The monoisotopic (exact) mass is 367 g/mol. The number of phenols is 1. The number of hydrogen-bond donors (Lipinski definition) is 1. The number of ether oxygens (including phenoxy) is 1. The van der Waals surface area contributed by atoms with Gasteiger partial charge >= 0.3 is 0 Å². The standard InChI is InChI=1S/C21H25N3O3/c1-23(15-8-9-20(22-14-15)24-10-12-27-13-11-24)21(26)18-6-2-5-17-16(18)4-3-7-19(17)25/h3-4,7-9,14,18,25H,2,5-6,10-13H2,1H3. The van der Waals surface area contributed by atoms with E-state index in [1.807, 2.05) is 24.3 Å². The molecule has 1 atom stereocenters. The number of likely N-dealkylation sites (N-methyl/N-ethyl adjacent to an activating group) is 1. The van der Waals surface area contributed by atoms with Crippen LogP contribution in [0.2, 0.25) is 0 Å². The van der Waals surface area contributed by atoms with E-state index < -0.39 is 0 Å². The molecule has 1 unspecified atom stereocenters. The summed E-state index contributed by atoms with van der Waals surface area (Å²) in [6.45, 7) is 3.11. The molecule has 1 amide bonds. The van der Waals surface area contributed by atoms with Crippen molar-refractivity contribution in [1.29, 1.82) is 0 Å². The lowest BCUT2D eigenvalue weighted by molar-refractivity contribution is -0.120. The second-order valence-corrected chi connectivity index (χ2v) is 7.16. The Morgan fingerprint density at radius 3 is 2.81 bits per heavy atom. The number of aromatic hydroxyl groups is 1. The highest BCUT2D eigenvalue weighted by molar-refractivity contribution is 5.98. The van der Waals surface area contributed by atoms with Gasteiger partial charge in [-0.05, 0) is 48.6 Å². The largest absolute Gasteiger partial charge is 0.508 e. The van der Waals surface area contributed by atoms with E-state index in [-0.39, 0.29) is 11.8 Å². The van der Waals surface area contributed by atoms with Gasteiger partial charge in [0.25, 0.3) is 0 Å². The average Bonchev–Trinajstić information content (AvgIpc) is 2.73. The minimum absolute atomic E-state index is 0.0440. The number of rotatable bonds is 3. The molecule has 27 heavy (non-hydrogen) atoms. The van der Waals surface area contributed by atoms with Gasteiger partial charge in [-0.3, -0.25) is 4.79 Å². The first-order valence-electron chi connectivity index (χ1n) is 9.52. The molecule has 2 aliphatic rings. The Morgan fingerprint density at radius 1 is 1.26 bits per heavy atom. The zero-order valence-electron chi connectivity index (χ0n) is 15.6. The van der Waals surface area contributed by atoms with Gasteiger partial charge in [-0.15, -0.1) is 0 Å². The van der Waals surface area contributed by atoms with Crippen LogP contribution in [0.25, 0.3) is 0 Å². The third-order valence-corrected chi connectivity index (χ3v) is 5.57. The van der Waals surface area contributed by atoms with E-state index in [0.29, 0.717) is 5.75 Å². The van der Waals surface area contributed by atoms with E-state index in [1.165, 1.54) is 0 Å². The number of amides is 1. The number of hydrogen-bond acceptors (Lipinski definition) is 5. The predicted octanol–water partition coefficient (Wildman–Crippen LogP) is 2.71. The Labute approximate surface area is 159 Å². The molecule has 1 N–H and O–H groups in total. The zero-order chi connectivity index (χ0) is 18.8. The van der Waals surface area contributed by atoms with Crippen LogP contribution in [0.15, 0.2) is 36.5 Å². The lowest BCUT2D eigenvalue weighted by atomic mass is 9.81. The van der Waals surface area contributed by atoms with Gasteiger partial charge in [-0.1, -0.05) is 12.1 Å². The van der Waals surface area contributed by atoms with Crippen LogP contribution in [0.3, 0.4) is 0 Å². The maximum atomic E-state index is 13.1. The molecule has 1 aromatic carbocycles. The molecule has 1 aromatic heterocycles. The summed E-state index contributed by atoms with van der Waals surface area (Å²) < 4.78 is 5.38. The normalized spacial score (nSPS) is 19.4. The number of aromatic nitrogens is 1. The first-order chi connectivity index (χ1) is 13.1. The van der Waals surface area contributed by atoms with E-state index in [4.69, 9.17) is 4.74 Å². The Hall–Kier alpha value is -2.60. The van der Waals surface area contributed by atoms with Crippen molar-refractivity contribution < 1.29 is 14.6 Å². The Bertz CT molecular complexity index is 816. The summed E-state index contributed by atoms with van der Waals surface area (Å²) in [5, 5.41) is 10.1. The Morgan fingerprint density at radius 2 is 2.07 bits per heavy atom. The molecule has 1 aliphatic heterocycles. The van der Waals surface area contributed by atoms with E-state index >= 15 is 0 Å². The molecule has 4 rings (SSSR count). The van der Waals surface area contributed by atoms with Crippen LogP contribution in [0.4, 0.5) is 11.5 Å². The number of nitrogens with zero attached hydrogens (tertiary/aromatic N) is 3. The van der Waals surface area contributed by atoms with Crippen molar-refractivity contribution in [3.63, 3.8) is 0 Å². The van der Waals surface area contributed by atoms with Gasteiger partial charge < -0.3 is 19.6 Å². The fourth-order valence-electron chi connectivity index (χ4n) is 4.00. The molecule has 0 saturated carbocycles. The number of carbonyl (C=O) groups excluding carboxylic acids is 1. The quantitative estimate of drug-likeness (QED) is 0.904. The maximum absolute atomic E-state index is 13.1.